The van der Waals surface area contributed by atoms with Gasteiger partial charge in [-0.05, 0) is 31.0 Å². The van der Waals surface area contributed by atoms with Crippen molar-refractivity contribution >= 4 is 5.91 Å². The minimum atomic E-state index is -0.0220. The Morgan fingerprint density at radius 3 is 3.04 bits per heavy atom. The van der Waals surface area contributed by atoms with E-state index in [-0.39, 0.29) is 11.9 Å². The Hall–Kier alpha value is -2.34. The number of benzene rings is 1. The van der Waals surface area contributed by atoms with Gasteiger partial charge in [0.15, 0.2) is 0 Å². The Balaban J connectivity index is 1.79. The number of hydrogen-bond donors (Lipinski definition) is 1. The van der Waals surface area contributed by atoms with Crippen molar-refractivity contribution in [3.05, 3.63) is 36.0 Å². The second kappa shape index (κ2) is 6.83. The SMILES string of the molecule is COC[C@@H]1CCCN1C(=O)c1cc(-c2cccc(OC)c2)n[nH]1. The second-order valence-corrected chi connectivity index (χ2v) is 5.65. The molecule has 122 valence electrons. The number of methoxy groups -OCH3 is 2. The van der Waals surface area contributed by atoms with Crippen molar-refractivity contribution in [2.45, 2.75) is 18.9 Å². The lowest BCUT2D eigenvalue weighted by Crippen LogP contribution is -2.38. The summed E-state index contributed by atoms with van der Waals surface area (Å²) in [4.78, 5) is 14.5. The summed E-state index contributed by atoms with van der Waals surface area (Å²) in [6.07, 6.45) is 1.99. The van der Waals surface area contributed by atoms with E-state index < -0.39 is 0 Å². The first-order valence-electron chi connectivity index (χ1n) is 7.72. The Kier molecular flexibility index (Phi) is 4.62. The Morgan fingerprint density at radius 2 is 2.26 bits per heavy atom. The van der Waals surface area contributed by atoms with Crippen LogP contribution in [0.4, 0.5) is 0 Å². The second-order valence-electron chi connectivity index (χ2n) is 5.65. The molecule has 0 bridgehead atoms. The molecule has 2 aromatic rings. The van der Waals surface area contributed by atoms with Crippen molar-refractivity contribution in [2.75, 3.05) is 27.4 Å². The molecule has 0 radical (unpaired) electrons. The largest absolute Gasteiger partial charge is 0.497 e. The molecule has 1 N–H and O–H groups in total. The highest BCUT2D eigenvalue weighted by molar-refractivity contribution is 5.93. The maximum atomic E-state index is 12.7. The van der Waals surface area contributed by atoms with Crippen LogP contribution in [0.1, 0.15) is 23.3 Å². The van der Waals surface area contributed by atoms with Gasteiger partial charge >= 0.3 is 0 Å². The highest BCUT2D eigenvalue weighted by atomic mass is 16.5. The Labute approximate surface area is 135 Å². The van der Waals surface area contributed by atoms with E-state index in [4.69, 9.17) is 9.47 Å². The van der Waals surface area contributed by atoms with E-state index in [9.17, 15) is 4.79 Å². The maximum Gasteiger partial charge on any atom is 0.272 e. The van der Waals surface area contributed by atoms with Crippen molar-refractivity contribution in [2.24, 2.45) is 0 Å². The van der Waals surface area contributed by atoms with Crippen LogP contribution in [0.25, 0.3) is 11.3 Å². The third-order valence-electron chi connectivity index (χ3n) is 4.17. The maximum absolute atomic E-state index is 12.7. The van der Waals surface area contributed by atoms with Gasteiger partial charge in [-0.25, -0.2) is 0 Å². The number of hydrogen-bond acceptors (Lipinski definition) is 4. The first-order valence-corrected chi connectivity index (χ1v) is 7.72. The zero-order chi connectivity index (χ0) is 16.2. The van der Waals surface area contributed by atoms with Crippen LogP contribution in [-0.4, -0.2) is 54.4 Å². The fraction of sp³-hybridized carbons (Fsp3) is 0.412. The van der Waals surface area contributed by atoms with Crippen molar-refractivity contribution in [3.8, 4) is 17.0 Å². The third kappa shape index (κ3) is 3.22. The van der Waals surface area contributed by atoms with Crippen LogP contribution >= 0.6 is 0 Å². The number of carbonyl (C=O) groups excluding carboxylic acids is 1. The van der Waals surface area contributed by atoms with Crippen LogP contribution in [0.15, 0.2) is 30.3 Å². The predicted molar refractivity (Wildman–Crippen MR) is 86.5 cm³/mol. The first-order chi connectivity index (χ1) is 11.2. The summed E-state index contributed by atoms with van der Waals surface area (Å²) in [5.74, 6) is 0.740. The monoisotopic (exact) mass is 315 g/mol. The van der Waals surface area contributed by atoms with Crippen molar-refractivity contribution in [1.29, 1.82) is 0 Å². The molecule has 0 spiro atoms. The van der Waals surface area contributed by atoms with E-state index >= 15 is 0 Å². The van der Waals surface area contributed by atoms with Crippen molar-refractivity contribution in [3.63, 3.8) is 0 Å². The fourth-order valence-electron chi connectivity index (χ4n) is 2.99. The molecule has 0 aliphatic carbocycles. The van der Waals surface area contributed by atoms with E-state index in [1.54, 1.807) is 20.3 Å². The van der Waals surface area contributed by atoms with Crippen LogP contribution in [0, 0.1) is 0 Å². The van der Waals surface area contributed by atoms with E-state index in [1.807, 2.05) is 29.2 Å². The van der Waals surface area contributed by atoms with Crippen molar-refractivity contribution in [1.82, 2.24) is 15.1 Å². The molecule has 1 aliphatic rings. The molecule has 1 fully saturated rings. The van der Waals surface area contributed by atoms with Crippen LogP contribution < -0.4 is 4.74 Å². The number of carbonyl (C=O) groups is 1. The van der Waals surface area contributed by atoms with Gasteiger partial charge in [-0.1, -0.05) is 12.1 Å². The number of amides is 1. The van der Waals surface area contributed by atoms with Gasteiger partial charge in [-0.15, -0.1) is 0 Å². The third-order valence-corrected chi connectivity index (χ3v) is 4.17. The summed E-state index contributed by atoms with van der Waals surface area (Å²) < 4.78 is 10.4. The number of rotatable bonds is 5. The van der Waals surface area contributed by atoms with Gasteiger partial charge in [0.2, 0.25) is 0 Å². The van der Waals surface area contributed by atoms with E-state index in [0.717, 1.165) is 36.4 Å². The summed E-state index contributed by atoms with van der Waals surface area (Å²) in [6.45, 7) is 1.34. The molecular formula is C17H21N3O3. The average molecular weight is 315 g/mol. The number of aromatic amines is 1. The lowest BCUT2D eigenvalue weighted by Gasteiger charge is -2.23. The highest BCUT2D eigenvalue weighted by Crippen LogP contribution is 2.24. The summed E-state index contributed by atoms with van der Waals surface area (Å²) in [5, 5.41) is 7.12. The molecule has 3 rings (SSSR count). The smallest absolute Gasteiger partial charge is 0.272 e. The van der Waals surface area contributed by atoms with Gasteiger partial charge < -0.3 is 14.4 Å². The molecule has 1 saturated heterocycles. The van der Waals surface area contributed by atoms with Gasteiger partial charge in [0, 0.05) is 19.2 Å². The molecule has 6 nitrogen and oxygen atoms in total. The summed E-state index contributed by atoms with van der Waals surface area (Å²) in [7, 11) is 3.29. The fourth-order valence-corrected chi connectivity index (χ4v) is 2.99. The molecule has 6 heteroatoms. The molecule has 1 aromatic carbocycles. The van der Waals surface area contributed by atoms with E-state index in [0.29, 0.717) is 12.3 Å². The lowest BCUT2D eigenvalue weighted by atomic mass is 10.1. The predicted octanol–water partition coefficient (Wildman–Crippen LogP) is 2.34. The number of aromatic nitrogens is 2. The molecule has 0 saturated carbocycles. The summed E-state index contributed by atoms with van der Waals surface area (Å²) in [5.41, 5.74) is 2.15. The minimum Gasteiger partial charge on any atom is -0.497 e. The molecule has 1 atom stereocenters. The summed E-state index contributed by atoms with van der Waals surface area (Å²) in [6, 6.07) is 9.56. The van der Waals surface area contributed by atoms with E-state index in [2.05, 4.69) is 10.2 Å². The Morgan fingerprint density at radius 1 is 1.39 bits per heavy atom. The molecule has 1 aromatic heterocycles. The molecular weight excluding hydrogens is 294 g/mol. The normalized spacial score (nSPS) is 17.5. The van der Waals surface area contributed by atoms with E-state index in [1.165, 1.54) is 0 Å². The van der Waals surface area contributed by atoms with Crippen LogP contribution in [0.5, 0.6) is 5.75 Å². The number of nitrogens with zero attached hydrogens (tertiary/aromatic N) is 2. The van der Waals surface area contributed by atoms with Gasteiger partial charge in [0.25, 0.3) is 5.91 Å². The first kappa shape index (κ1) is 15.6. The van der Waals surface area contributed by atoms with Gasteiger partial charge in [0.05, 0.1) is 25.5 Å². The zero-order valence-corrected chi connectivity index (χ0v) is 13.4. The number of H-pyrrole nitrogens is 1. The molecule has 0 unspecified atom stereocenters. The van der Waals surface area contributed by atoms with Crippen LogP contribution in [0.2, 0.25) is 0 Å². The zero-order valence-electron chi connectivity index (χ0n) is 13.4. The number of nitrogens with one attached hydrogen (secondary N) is 1. The average Bonchev–Trinajstić information content (AvgIpc) is 3.24. The molecule has 1 amide bonds. The summed E-state index contributed by atoms with van der Waals surface area (Å²) >= 11 is 0. The standard InChI is InChI=1S/C17H21N3O3/c1-22-11-13-6-4-8-20(13)17(21)16-10-15(18-19-16)12-5-3-7-14(9-12)23-2/h3,5,7,9-10,13H,4,6,8,11H2,1-2H3,(H,18,19)/t13-/m0/s1. The lowest BCUT2D eigenvalue weighted by molar-refractivity contribution is 0.0625. The quantitative estimate of drug-likeness (QED) is 0.919. The van der Waals surface area contributed by atoms with Gasteiger partial charge in [-0.2, -0.15) is 5.10 Å². The topological polar surface area (TPSA) is 67.4 Å². The van der Waals surface area contributed by atoms with Gasteiger partial charge in [-0.3, -0.25) is 9.89 Å². The molecule has 1 aliphatic heterocycles. The number of likely N-dealkylation sites (tertiary alicyclic amines) is 1. The number of ether oxygens (including phenoxy) is 2. The van der Waals surface area contributed by atoms with Crippen LogP contribution in [-0.2, 0) is 4.74 Å². The van der Waals surface area contributed by atoms with Crippen molar-refractivity contribution < 1.29 is 14.3 Å². The highest BCUT2D eigenvalue weighted by Gasteiger charge is 2.30. The minimum absolute atomic E-state index is 0.0220. The van der Waals surface area contributed by atoms with Crippen LogP contribution in [0.3, 0.4) is 0 Å². The molecule has 2 heterocycles. The Bertz CT molecular complexity index is 683. The van der Waals surface area contributed by atoms with Gasteiger partial charge in [0.1, 0.15) is 11.4 Å². The molecule has 23 heavy (non-hydrogen) atoms.